The first-order valence-corrected chi connectivity index (χ1v) is 3.63. The zero-order valence-corrected chi connectivity index (χ0v) is 5.93. The van der Waals surface area contributed by atoms with E-state index >= 15 is 0 Å². The molecule has 54 valence electrons. The molecule has 1 rings (SSSR count). The normalized spacial score (nSPS) is 25.7. The van der Waals surface area contributed by atoms with Crippen LogP contribution >= 0.6 is 0 Å². The van der Waals surface area contributed by atoms with E-state index in [1.54, 1.807) is 0 Å². The molecule has 0 aliphatic carbocycles. The lowest BCUT2D eigenvalue weighted by Gasteiger charge is -2.25. The van der Waals surface area contributed by atoms with Crippen molar-refractivity contribution >= 4 is 0 Å². The lowest BCUT2D eigenvalue weighted by Crippen LogP contribution is -2.31. The van der Waals surface area contributed by atoms with E-state index in [1.165, 1.54) is 6.42 Å². The molecule has 1 unspecified atom stereocenters. The standard InChI is InChI=1S/C7H14O2/c1-2-4-8-6-7-3-5-9-7/h7H,2-6H2,1H3. The van der Waals surface area contributed by atoms with E-state index in [2.05, 4.69) is 6.92 Å². The first-order valence-electron chi connectivity index (χ1n) is 3.63. The third-order valence-corrected chi connectivity index (χ3v) is 1.45. The van der Waals surface area contributed by atoms with Gasteiger partial charge in [0.25, 0.3) is 0 Å². The fourth-order valence-corrected chi connectivity index (χ4v) is 0.775. The van der Waals surface area contributed by atoms with Crippen LogP contribution in [0, 0.1) is 0 Å². The van der Waals surface area contributed by atoms with E-state index in [-0.39, 0.29) is 0 Å². The molecule has 0 radical (unpaired) electrons. The summed E-state index contributed by atoms with van der Waals surface area (Å²) in [6.07, 6.45) is 2.70. The monoisotopic (exact) mass is 130 g/mol. The Morgan fingerprint density at radius 1 is 1.67 bits per heavy atom. The quantitative estimate of drug-likeness (QED) is 0.532. The zero-order chi connectivity index (χ0) is 6.53. The van der Waals surface area contributed by atoms with Gasteiger partial charge in [-0.1, -0.05) is 6.92 Å². The summed E-state index contributed by atoms with van der Waals surface area (Å²) >= 11 is 0. The van der Waals surface area contributed by atoms with Gasteiger partial charge in [-0.25, -0.2) is 0 Å². The van der Waals surface area contributed by atoms with Crippen molar-refractivity contribution in [1.82, 2.24) is 0 Å². The fraction of sp³-hybridized carbons (Fsp3) is 1.00. The Balaban J connectivity index is 1.80. The number of hydrogen-bond donors (Lipinski definition) is 0. The van der Waals surface area contributed by atoms with Crippen molar-refractivity contribution in [2.75, 3.05) is 19.8 Å². The zero-order valence-electron chi connectivity index (χ0n) is 5.93. The Bertz CT molecular complexity index is 69.3. The van der Waals surface area contributed by atoms with Crippen molar-refractivity contribution in [3.63, 3.8) is 0 Å². The summed E-state index contributed by atoms with van der Waals surface area (Å²) in [6, 6.07) is 0. The van der Waals surface area contributed by atoms with Gasteiger partial charge in [0.15, 0.2) is 0 Å². The topological polar surface area (TPSA) is 18.5 Å². The van der Waals surface area contributed by atoms with E-state index in [9.17, 15) is 0 Å². The Hall–Kier alpha value is -0.0800. The van der Waals surface area contributed by atoms with Crippen molar-refractivity contribution in [1.29, 1.82) is 0 Å². The predicted octanol–water partition coefficient (Wildman–Crippen LogP) is 1.20. The molecule has 9 heavy (non-hydrogen) atoms. The van der Waals surface area contributed by atoms with Crippen molar-refractivity contribution in [3.05, 3.63) is 0 Å². The average Bonchev–Trinajstić information content (AvgIpc) is 1.76. The van der Waals surface area contributed by atoms with Crippen LogP contribution < -0.4 is 0 Å². The number of ether oxygens (including phenoxy) is 2. The van der Waals surface area contributed by atoms with E-state index in [0.29, 0.717) is 6.10 Å². The second-order valence-electron chi connectivity index (χ2n) is 2.36. The maximum atomic E-state index is 5.26. The molecule has 0 amide bonds. The Kier molecular flexibility index (Phi) is 3.01. The molecule has 0 aromatic carbocycles. The van der Waals surface area contributed by atoms with Gasteiger partial charge in [0.2, 0.25) is 0 Å². The maximum absolute atomic E-state index is 5.26. The van der Waals surface area contributed by atoms with Crippen LogP contribution in [0.1, 0.15) is 19.8 Å². The van der Waals surface area contributed by atoms with Crippen LogP contribution in [0.25, 0.3) is 0 Å². The van der Waals surface area contributed by atoms with Gasteiger partial charge >= 0.3 is 0 Å². The molecular formula is C7H14O2. The summed E-state index contributed by atoms with van der Waals surface area (Å²) in [5.74, 6) is 0. The van der Waals surface area contributed by atoms with Crippen molar-refractivity contribution in [2.45, 2.75) is 25.9 Å². The summed E-state index contributed by atoms with van der Waals surface area (Å²) < 4.78 is 10.4. The van der Waals surface area contributed by atoms with Crippen LogP contribution in [0.15, 0.2) is 0 Å². The van der Waals surface area contributed by atoms with Crippen LogP contribution in [0.4, 0.5) is 0 Å². The third kappa shape index (κ3) is 2.33. The Morgan fingerprint density at radius 3 is 2.89 bits per heavy atom. The molecule has 1 heterocycles. The highest BCUT2D eigenvalue weighted by Crippen LogP contribution is 2.10. The lowest BCUT2D eigenvalue weighted by molar-refractivity contribution is -0.0935. The van der Waals surface area contributed by atoms with Gasteiger partial charge in [0.05, 0.1) is 12.7 Å². The van der Waals surface area contributed by atoms with Gasteiger partial charge in [-0.15, -0.1) is 0 Å². The minimum atomic E-state index is 0.413. The molecule has 1 saturated heterocycles. The smallest absolute Gasteiger partial charge is 0.0830 e. The molecule has 1 fully saturated rings. The highest BCUT2D eigenvalue weighted by Gasteiger charge is 2.17. The van der Waals surface area contributed by atoms with Crippen LogP contribution in [0.3, 0.4) is 0 Å². The molecule has 0 bridgehead atoms. The van der Waals surface area contributed by atoms with Crippen LogP contribution in [0.2, 0.25) is 0 Å². The number of rotatable bonds is 4. The van der Waals surface area contributed by atoms with Gasteiger partial charge < -0.3 is 9.47 Å². The molecule has 2 nitrogen and oxygen atoms in total. The first kappa shape index (κ1) is 7.03. The van der Waals surface area contributed by atoms with Gasteiger partial charge in [0.1, 0.15) is 0 Å². The van der Waals surface area contributed by atoms with Gasteiger partial charge in [0, 0.05) is 13.2 Å². The summed E-state index contributed by atoms with van der Waals surface area (Å²) in [5.41, 5.74) is 0. The molecular weight excluding hydrogens is 116 g/mol. The molecule has 0 aromatic rings. The molecule has 0 saturated carbocycles. The lowest BCUT2D eigenvalue weighted by atomic mass is 10.2. The van der Waals surface area contributed by atoms with E-state index in [1.807, 2.05) is 0 Å². The minimum absolute atomic E-state index is 0.413. The van der Waals surface area contributed by atoms with Crippen LogP contribution in [0.5, 0.6) is 0 Å². The highest BCUT2D eigenvalue weighted by atomic mass is 16.5. The largest absolute Gasteiger partial charge is 0.379 e. The SMILES string of the molecule is CCCOCC1CCO1. The molecule has 0 N–H and O–H groups in total. The van der Waals surface area contributed by atoms with Crippen molar-refractivity contribution in [3.8, 4) is 0 Å². The summed E-state index contributed by atoms with van der Waals surface area (Å²) in [7, 11) is 0. The summed E-state index contributed by atoms with van der Waals surface area (Å²) in [6.45, 7) is 4.72. The van der Waals surface area contributed by atoms with E-state index < -0.39 is 0 Å². The van der Waals surface area contributed by atoms with Gasteiger partial charge in [-0.05, 0) is 12.8 Å². The van der Waals surface area contributed by atoms with Gasteiger partial charge in [-0.2, -0.15) is 0 Å². The molecule has 1 aliphatic rings. The third-order valence-electron chi connectivity index (χ3n) is 1.45. The van der Waals surface area contributed by atoms with Crippen molar-refractivity contribution in [2.24, 2.45) is 0 Å². The minimum Gasteiger partial charge on any atom is -0.379 e. The maximum Gasteiger partial charge on any atom is 0.0830 e. The fourth-order valence-electron chi connectivity index (χ4n) is 0.775. The Morgan fingerprint density at radius 2 is 2.44 bits per heavy atom. The highest BCUT2D eigenvalue weighted by molar-refractivity contribution is 4.64. The Labute approximate surface area is 56.2 Å². The molecule has 1 aliphatic heterocycles. The van der Waals surface area contributed by atoms with Crippen molar-refractivity contribution < 1.29 is 9.47 Å². The second-order valence-corrected chi connectivity index (χ2v) is 2.36. The second kappa shape index (κ2) is 3.85. The van der Waals surface area contributed by atoms with E-state index in [4.69, 9.17) is 9.47 Å². The predicted molar refractivity (Wildman–Crippen MR) is 35.5 cm³/mol. The van der Waals surface area contributed by atoms with E-state index in [0.717, 1.165) is 26.2 Å². The van der Waals surface area contributed by atoms with Crippen LogP contribution in [-0.2, 0) is 9.47 Å². The molecule has 0 aromatic heterocycles. The molecule has 1 atom stereocenters. The van der Waals surface area contributed by atoms with Gasteiger partial charge in [-0.3, -0.25) is 0 Å². The molecule has 0 spiro atoms. The first-order chi connectivity index (χ1) is 4.43. The van der Waals surface area contributed by atoms with Crippen LogP contribution in [-0.4, -0.2) is 25.9 Å². The number of hydrogen-bond acceptors (Lipinski definition) is 2. The summed E-state index contributed by atoms with van der Waals surface area (Å²) in [5, 5.41) is 0. The summed E-state index contributed by atoms with van der Waals surface area (Å²) in [4.78, 5) is 0. The average molecular weight is 130 g/mol. The molecule has 2 heteroatoms.